The van der Waals surface area contributed by atoms with Crippen LogP contribution in [0.5, 0.6) is 0 Å². The van der Waals surface area contributed by atoms with Crippen molar-refractivity contribution in [3.05, 3.63) is 5.89 Å². The predicted molar refractivity (Wildman–Crippen MR) is 67.9 cm³/mol. The molecule has 16 heavy (non-hydrogen) atoms. The monoisotopic (exact) mass is 244 g/mol. The largest absolute Gasteiger partial charge is 0.406 e. The van der Waals surface area contributed by atoms with Gasteiger partial charge in [0.2, 0.25) is 5.89 Å². The van der Waals surface area contributed by atoms with E-state index in [2.05, 4.69) is 34.0 Å². The summed E-state index contributed by atoms with van der Waals surface area (Å²) >= 11 is 1.84. The van der Waals surface area contributed by atoms with Crippen molar-refractivity contribution in [3.63, 3.8) is 0 Å². The van der Waals surface area contributed by atoms with Gasteiger partial charge in [-0.25, -0.2) is 0 Å². The minimum Gasteiger partial charge on any atom is -0.406 e. The summed E-state index contributed by atoms with van der Waals surface area (Å²) in [6.07, 6.45) is 3.19. The van der Waals surface area contributed by atoms with Gasteiger partial charge in [-0.05, 0) is 39.3 Å². The number of rotatable bonds is 7. The van der Waals surface area contributed by atoms with E-state index < -0.39 is 0 Å². The first-order chi connectivity index (χ1) is 7.67. The molecule has 0 aromatic carbocycles. The van der Waals surface area contributed by atoms with Crippen LogP contribution in [-0.2, 0) is 0 Å². The smallest absolute Gasteiger partial charge is 0.315 e. The molecule has 0 amide bonds. The van der Waals surface area contributed by atoms with Gasteiger partial charge in [0.05, 0.1) is 6.04 Å². The molecule has 0 fully saturated rings. The molecule has 1 aromatic heterocycles. The summed E-state index contributed by atoms with van der Waals surface area (Å²) in [5.74, 6) is 1.74. The summed E-state index contributed by atoms with van der Waals surface area (Å²) in [4.78, 5) is 0. The molecule has 6 heteroatoms. The van der Waals surface area contributed by atoms with Gasteiger partial charge in [-0.2, -0.15) is 11.8 Å². The molecular formula is C10H20N4OS. The van der Waals surface area contributed by atoms with Gasteiger partial charge in [-0.15, -0.1) is 5.10 Å². The van der Waals surface area contributed by atoms with E-state index in [0.717, 1.165) is 12.2 Å². The van der Waals surface area contributed by atoms with Crippen LogP contribution >= 0.6 is 11.8 Å². The van der Waals surface area contributed by atoms with Crippen LogP contribution in [0, 0.1) is 0 Å². The van der Waals surface area contributed by atoms with Crippen LogP contribution in [0.25, 0.3) is 0 Å². The van der Waals surface area contributed by atoms with Gasteiger partial charge in [0.15, 0.2) is 0 Å². The third-order valence-corrected chi connectivity index (χ3v) is 3.01. The van der Waals surface area contributed by atoms with Gasteiger partial charge in [0, 0.05) is 6.04 Å². The molecule has 0 bridgehead atoms. The minimum atomic E-state index is 0.0875. The average Bonchev–Trinajstić information content (AvgIpc) is 2.73. The van der Waals surface area contributed by atoms with Gasteiger partial charge in [-0.3, -0.25) is 0 Å². The molecule has 0 aliphatic heterocycles. The third-order valence-electron chi connectivity index (χ3n) is 2.37. The second kappa shape index (κ2) is 6.75. The van der Waals surface area contributed by atoms with E-state index in [1.165, 1.54) is 0 Å². The molecule has 1 aromatic rings. The summed E-state index contributed by atoms with van der Waals surface area (Å²) in [5, 5.41) is 14.2. The fourth-order valence-corrected chi connectivity index (χ4v) is 1.76. The van der Waals surface area contributed by atoms with Gasteiger partial charge in [-0.1, -0.05) is 5.10 Å². The first-order valence-electron chi connectivity index (χ1n) is 5.43. The highest BCUT2D eigenvalue weighted by molar-refractivity contribution is 7.98. The summed E-state index contributed by atoms with van der Waals surface area (Å²) < 4.78 is 5.48. The molecule has 0 aliphatic rings. The van der Waals surface area contributed by atoms with Gasteiger partial charge in [0.1, 0.15) is 0 Å². The van der Waals surface area contributed by atoms with Crippen LogP contribution in [0.4, 0.5) is 6.01 Å². The second-order valence-corrected chi connectivity index (χ2v) is 4.77. The van der Waals surface area contributed by atoms with Crippen LogP contribution in [-0.4, -0.2) is 35.3 Å². The van der Waals surface area contributed by atoms with Crippen molar-refractivity contribution in [3.8, 4) is 0 Å². The lowest BCUT2D eigenvalue weighted by Crippen LogP contribution is -2.16. The fourth-order valence-electron chi connectivity index (χ4n) is 1.17. The Hall–Kier alpha value is -0.750. The molecule has 0 aliphatic carbocycles. The Bertz CT molecular complexity index is 305. The number of anilines is 1. The molecule has 2 unspecified atom stereocenters. The SMILES string of the molecule is CNC(C)c1nnc(NC(C)CCSC)o1. The van der Waals surface area contributed by atoms with Crippen molar-refractivity contribution in [1.29, 1.82) is 0 Å². The molecule has 5 nitrogen and oxygen atoms in total. The lowest BCUT2D eigenvalue weighted by molar-refractivity contribution is 0.438. The van der Waals surface area contributed by atoms with Crippen molar-refractivity contribution < 1.29 is 4.42 Å². The van der Waals surface area contributed by atoms with E-state index >= 15 is 0 Å². The summed E-state index contributed by atoms with van der Waals surface area (Å²) in [6, 6.07) is 0.945. The molecule has 0 saturated heterocycles. The molecule has 1 rings (SSSR count). The number of thioether (sulfide) groups is 1. The number of hydrogen-bond donors (Lipinski definition) is 2. The molecule has 0 radical (unpaired) electrons. The van der Waals surface area contributed by atoms with Gasteiger partial charge >= 0.3 is 6.01 Å². The number of aromatic nitrogens is 2. The zero-order valence-electron chi connectivity index (χ0n) is 10.3. The van der Waals surface area contributed by atoms with Crippen molar-refractivity contribution in [2.24, 2.45) is 0 Å². The van der Waals surface area contributed by atoms with E-state index in [-0.39, 0.29) is 6.04 Å². The maximum Gasteiger partial charge on any atom is 0.315 e. The Morgan fingerprint density at radius 3 is 2.75 bits per heavy atom. The van der Waals surface area contributed by atoms with Crippen molar-refractivity contribution in [2.45, 2.75) is 32.4 Å². The van der Waals surface area contributed by atoms with E-state index in [0.29, 0.717) is 17.9 Å². The highest BCUT2D eigenvalue weighted by atomic mass is 32.2. The minimum absolute atomic E-state index is 0.0875. The van der Waals surface area contributed by atoms with E-state index in [1.807, 2.05) is 25.7 Å². The third kappa shape index (κ3) is 4.02. The lowest BCUT2D eigenvalue weighted by Gasteiger charge is -2.10. The second-order valence-electron chi connectivity index (χ2n) is 3.78. The van der Waals surface area contributed by atoms with Gasteiger partial charge in [0.25, 0.3) is 0 Å². The van der Waals surface area contributed by atoms with Crippen LogP contribution < -0.4 is 10.6 Å². The molecule has 0 saturated carbocycles. The molecule has 92 valence electrons. The topological polar surface area (TPSA) is 63.0 Å². The summed E-state index contributed by atoms with van der Waals surface area (Å²) in [6.45, 7) is 4.09. The maximum atomic E-state index is 5.48. The molecule has 0 spiro atoms. The van der Waals surface area contributed by atoms with Crippen LogP contribution in [0.2, 0.25) is 0 Å². The Labute approximate surface area is 101 Å². The zero-order chi connectivity index (χ0) is 12.0. The van der Waals surface area contributed by atoms with Crippen molar-refractivity contribution in [2.75, 3.05) is 24.4 Å². The van der Waals surface area contributed by atoms with Crippen LogP contribution in [0.15, 0.2) is 4.42 Å². The van der Waals surface area contributed by atoms with E-state index in [9.17, 15) is 0 Å². The number of nitrogens with one attached hydrogen (secondary N) is 2. The lowest BCUT2D eigenvalue weighted by atomic mass is 10.3. The standard InChI is InChI=1S/C10H20N4OS/c1-7(5-6-16-4)12-10-14-13-9(15-10)8(2)11-3/h7-8,11H,5-6H2,1-4H3,(H,12,14). The van der Waals surface area contributed by atoms with Crippen molar-refractivity contribution in [1.82, 2.24) is 15.5 Å². The molecule has 2 N–H and O–H groups in total. The number of nitrogens with zero attached hydrogens (tertiary/aromatic N) is 2. The van der Waals surface area contributed by atoms with Gasteiger partial charge < -0.3 is 15.1 Å². The Kier molecular flexibility index (Phi) is 5.62. The number of hydrogen-bond acceptors (Lipinski definition) is 6. The van der Waals surface area contributed by atoms with Crippen molar-refractivity contribution >= 4 is 17.8 Å². The predicted octanol–water partition coefficient (Wildman–Crippen LogP) is 1.90. The zero-order valence-corrected chi connectivity index (χ0v) is 11.1. The van der Waals surface area contributed by atoms with Crippen LogP contribution in [0.1, 0.15) is 32.2 Å². The quantitative estimate of drug-likeness (QED) is 0.764. The fraction of sp³-hybridized carbons (Fsp3) is 0.800. The average molecular weight is 244 g/mol. The highest BCUT2D eigenvalue weighted by Crippen LogP contribution is 2.14. The van der Waals surface area contributed by atoms with E-state index in [1.54, 1.807) is 0 Å². The summed E-state index contributed by atoms with van der Waals surface area (Å²) in [7, 11) is 1.86. The normalized spacial score (nSPS) is 14.8. The molecule has 1 heterocycles. The molecular weight excluding hydrogens is 224 g/mol. The first kappa shape index (κ1) is 13.3. The maximum absolute atomic E-state index is 5.48. The highest BCUT2D eigenvalue weighted by Gasteiger charge is 2.12. The molecule has 2 atom stereocenters. The Balaban J connectivity index is 2.45. The first-order valence-corrected chi connectivity index (χ1v) is 6.83. The van der Waals surface area contributed by atoms with Crippen LogP contribution in [0.3, 0.4) is 0 Å². The summed E-state index contributed by atoms with van der Waals surface area (Å²) in [5.41, 5.74) is 0. The van der Waals surface area contributed by atoms with E-state index in [4.69, 9.17) is 4.42 Å². The Morgan fingerprint density at radius 1 is 1.38 bits per heavy atom. The Morgan fingerprint density at radius 2 is 2.12 bits per heavy atom.